The van der Waals surface area contributed by atoms with Crippen LogP contribution in [0.25, 0.3) is 10.9 Å². The van der Waals surface area contributed by atoms with Crippen molar-refractivity contribution in [2.75, 3.05) is 18.4 Å². The van der Waals surface area contributed by atoms with E-state index in [9.17, 15) is 9.59 Å². The molecule has 1 fully saturated rings. The molecular formula is C25H27N3O2. The Morgan fingerprint density at radius 2 is 1.87 bits per heavy atom. The fourth-order valence-electron chi connectivity index (χ4n) is 4.94. The van der Waals surface area contributed by atoms with Crippen molar-refractivity contribution < 1.29 is 9.59 Å². The van der Waals surface area contributed by atoms with Gasteiger partial charge < -0.3 is 15.2 Å². The lowest BCUT2D eigenvalue weighted by Gasteiger charge is -2.23. The van der Waals surface area contributed by atoms with Crippen molar-refractivity contribution in [2.24, 2.45) is 0 Å². The average molecular weight is 402 g/mol. The maximum atomic E-state index is 13.2. The first kappa shape index (κ1) is 18.9. The molecule has 0 saturated carbocycles. The Kier molecular flexibility index (Phi) is 4.81. The highest BCUT2D eigenvalue weighted by Crippen LogP contribution is 2.36. The number of rotatable bonds is 3. The summed E-state index contributed by atoms with van der Waals surface area (Å²) < 4.78 is 0. The van der Waals surface area contributed by atoms with Crippen LogP contribution in [0.3, 0.4) is 0 Å². The second-order valence-corrected chi connectivity index (χ2v) is 8.53. The van der Waals surface area contributed by atoms with Gasteiger partial charge in [0.2, 0.25) is 5.91 Å². The van der Waals surface area contributed by atoms with E-state index in [4.69, 9.17) is 0 Å². The number of para-hydroxylation sites is 1. The molecule has 5 heteroatoms. The normalized spacial score (nSPS) is 18.4. The Morgan fingerprint density at radius 3 is 2.67 bits per heavy atom. The van der Waals surface area contributed by atoms with Crippen LogP contribution in [0, 0.1) is 6.92 Å². The number of fused-ring (bicyclic) bond motifs is 3. The summed E-state index contributed by atoms with van der Waals surface area (Å²) in [7, 11) is 0. The number of hydrogen-bond donors (Lipinski definition) is 2. The molecule has 2 amide bonds. The third-order valence-corrected chi connectivity index (χ3v) is 6.56. The lowest BCUT2D eigenvalue weighted by atomic mass is 9.86. The minimum atomic E-state index is -0.175. The molecule has 5 nitrogen and oxygen atoms in total. The number of aryl methyl sites for hydroxylation is 2. The molecule has 0 bridgehead atoms. The van der Waals surface area contributed by atoms with Crippen molar-refractivity contribution >= 4 is 28.4 Å². The van der Waals surface area contributed by atoms with Gasteiger partial charge in [0.25, 0.3) is 5.91 Å². The Balaban J connectivity index is 1.37. The molecule has 154 valence electrons. The zero-order chi connectivity index (χ0) is 20.7. The number of hydrogen-bond acceptors (Lipinski definition) is 2. The van der Waals surface area contributed by atoms with Crippen LogP contribution in [0.4, 0.5) is 5.69 Å². The summed E-state index contributed by atoms with van der Waals surface area (Å²) in [6.07, 6.45) is 5.02. The van der Waals surface area contributed by atoms with Gasteiger partial charge in [0, 0.05) is 40.9 Å². The van der Waals surface area contributed by atoms with Crippen molar-refractivity contribution in [1.82, 2.24) is 9.88 Å². The molecule has 0 spiro atoms. The molecule has 0 radical (unpaired) electrons. The van der Waals surface area contributed by atoms with E-state index in [2.05, 4.69) is 28.5 Å². The highest BCUT2D eigenvalue weighted by molar-refractivity contribution is 5.99. The molecule has 2 aromatic carbocycles. The summed E-state index contributed by atoms with van der Waals surface area (Å²) >= 11 is 0. The van der Waals surface area contributed by atoms with Gasteiger partial charge in [-0.05, 0) is 74.4 Å². The van der Waals surface area contributed by atoms with Gasteiger partial charge in [0.15, 0.2) is 0 Å². The van der Waals surface area contributed by atoms with Crippen molar-refractivity contribution in [3.05, 3.63) is 64.8 Å². The largest absolute Gasteiger partial charge is 0.357 e. The fourth-order valence-corrected chi connectivity index (χ4v) is 4.94. The Hall–Kier alpha value is -3.08. The van der Waals surface area contributed by atoms with Crippen molar-refractivity contribution in [3.63, 3.8) is 0 Å². The Bertz CT molecular complexity index is 1120. The number of anilines is 1. The van der Waals surface area contributed by atoms with Crippen molar-refractivity contribution in [3.8, 4) is 0 Å². The zero-order valence-electron chi connectivity index (χ0n) is 17.3. The molecule has 2 N–H and O–H groups in total. The van der Waals surface area contributed by atoms with Crippen LogP contribution in [-0.4, -0.2) is 34.8 Å². The smallest absolute Gasteiger partial charge is 0.253 e. The second-order valence-electron chi connectivity index (χ2n) is 8.53. The van der Waals surface area contributed by atoms with Gasteiger partial charge in [0.1, 0.15) is 0 Å². The first-order valence-corrected chi connectivity index (χ1v) is 10.9. The summed E-state index contributed by atoms with van der Waals surface area (Å²) in [5.74, 6) is -0.0702. The van der Waals surface area contributed by atoms with Gasteiger partial charge >= 0.3 is 0 Å². The molecule has 2 aliphatic rings. The minimum absolute atomic E-state index is 0.0178. The van der Waals surface area contributed by atoms with E-state index in [1.165, 1.54) is 10.9 Å². The van der Waals surface area contributed by atoms with Crippen LogP contribution in [-0.2, 0) is 11.2 Å². The summed E-state index contributed by atoms with van der Waals surface area (Å²) in [4.78, 5) is 31.2. The van der Waals surface area contributed by atoms with Crippen LogP contribution in [0.15, 0.2) is 42.5 Å². The SMILES string of the molecule is Cc1cc(C(=O)N2CCCC2)ccc1NC(=O)C1CCCc2c1[nH]c1ccccc21. The van der Waals surface area contributed by atoms with E-state index < -0.39 is 0 Å². The predicted molar refractivity (Wildman–Crippen MR) is 119 cm³/mol. The number of nitrogens with one attached hydrogen (secondary N) is 2. The van der Waals surface area contributed by atoms with Crippen LogP contribution in [0.1, 0.15) is 58.8 Å². The minimum Gasteiger partial charge on any atom is -0.357 e. The topological polar surface area (TPSA) is 65.2 Å². The Morgan fingerprint density at radius 1 is 1.07 bits per heavy atom. The van der Waals surface area contributed by atoms with Crippen LogP contribution < -0.4 is 5.32 Å². The molecule has 1 aliphatic heterocycles. The molecule has 1 unspecified atom stereocenters. The highest BCUT2D eigenvalue weighted by atomic mass is 16.2. The summed E-state index contributed by atoms with van der Waals surface area (Å²) in [5.41, 5.74) is 5.83. The quantitative estimate of drug-likeness (QED) is 0.664. The molecule has 1 saturated heterocycles. The summed E-state index contributed by atoms with van der Waals surface area (Å²) in [5, 5.41) is 4.34. The van der Waals surface area contributed by atoms with E-state index in [0.29, 0.717) is 5.56 Å². The maximum Gasteiger partial charge on any atom is 0.253 e. The number of aromatic amines is 1. The van der Waals surface area contributed by atoms with Gasteiger partial charge in [-0.15, -0.1) is 0 Å². The monoisotopic (exact) mass is 401 g/mol. The van der Waals surface area contributed by atoms with Gasteiger partial charge in [-0.2, -0.15) is 0 Å². The number of amides is 2. The lowest BCUT2D eigenvalue weighted by molar-refractivity contribution is -0.118. The fraction of sp³-hybridized carbons (Fsp3) is 0.360. The van der Waals surface area contributed by atoms with Gasteiger partial charge in [0.05, 0.1) is 5.92 Å². The van der Waals surface area contributed by atoms with E-state index >= 15 is 0 Å². The molecule has 30 heavy (non-hydrogen) atoms. The number of nitrogens with zero attached hydrogens (tertiary/aromatic N) is 1. The first-order valence-electron chi connectivity index (χ1n) is 10.9. The molecule has 5 rings (SSSR count). The van der Waals surface area contributed by atoms with E-state index in [1.807, 2.05) is 36.1 Å². The number of H-pyrrole nitrogens is 1. The van der Waals surface area contributed by atoms with Crippen molar-refractivity contribution in [2.45, 2.75) is 44.9 Å². The summed E-state index contributed by atoms with van der Waals surface area (Å²) in [6, 6.07) is 13.9. The molecule has 1 aromatic heterocycles. The molecule has 1 atom stereocenters. The third-order valence-electron chi connectivity index (χ3n) is 6.56. The molecule has 2 heterocycles. The number of carbonyl (C=O) groups is 2. The molecule has 1 aliphatic carbocycles. The third kappa shape index (κ3) is 3.28. The zero-order valence-corrected chi connectivity index (χ0v) is 17.3. The first-order chi connectivity index (χ1) is 14.6. The maximum absolute atomic E-state index is 13.2. The van der Waals surface area contributed by atoms with E-state index in [1.54, 1.807) is 0 Å². The average Bonchev–Trinajstić information content (AvgIpc) is 3.42. The number of likely N-dealkylation sites (tertiary alicyclic amines) is 1. The molecular weight excluding hydrogens is 374 g/mol. The van der Waals surface area contributed by atoms with Gasteiger partial charge in [-0.1, -0.05) is 18.2 Å². The lowest BCUT2D eigenvalue weighted by Crippen LogP contribution is -2.28. The standard InChI is InChI=1S/C25H27N3O2/c1-16-15-17(25(30)28-13-4-5-14-28)11-12-21(16)27-24(29)20-9-6-8-19-18-7-2-3-10-22(18)26-23(19)20/h2-3,7,10-12,15,20,26H,4-6,8-9,13-14H2,1H3,(H,27,29). The van der Waals surface area contributed by atoms with Gasteiger partial charge in [-0.25, -0.2) is 0 Å². The van der Waals surface area contributed by atoms with Crippen LogP contribution in [0.2, 0.25) is 0 Å². The second kappa shape index (κ2) is 7.63. The van der Waals surface area contributed by atoms with Crippen molar-refractivity contribution in [1.29, 1.82) is 0 Å². The number of carbonyl (C=O) groups excluding carboxylic acids is 2. The predicted octanol–water partition coefficient (Wildman–Crippen LogP) is 4.77. The van der Waals surface area contributed by atoms with Gasteiger partial charge in [-0.3, -0.25) is 9.59 Å². The Labute approximate surface area is 176 Å². The van der Waals surface area contributed by atoms with Crippen LogP contribution in [0.5, 0.6) is 0 Å². The van der Waals surface area contributed by atoms with E-state index in [-0.39, 0.29) is 17.7 Å². The highest BCUT2D eigenvalue weighted by Gasteiger charge is 2.30. The number of benzene rings is 2. The summed E-state index contributed by atoms with van der Waals surface area (Å²) in [6.45, 7) is 3.63. The van der Waals surface area contributed by atoms with Crippen LogP contribution >= 0.6 is 0 Å². The van der Waals surface area contributed by atoms with E-state index in [0.717, 1.165) is 67.7 Å². The molecule has 3 aromatic rings. The number of aromatic nitrogens is 1.